The molecule has 2 aliphatic rings. The molecule has 1 amide bonds. The van der Waals surface area contributed by atoms with Crippen molar-refractivity contribution in [3.05, 3.63) is 54.1 Å². The summed E-state index contributed by atoms with van der Waals surface area (Å²) >= 11 is -0.0976. The van der Waals surface area contributed by atoms with Crippen LogP contribution in [-0.2, 0) is 4.79 Å². The van der Waals surface area contributed by atoms with Crippen molar-refractivity contribution >= 4 is 35.8 Å². The third-order valence-corrected chi connectivity index (χ3v) is 8.04. The molecule has 0 radical (unpaired) electrons. The van der Waals surface area contributed by atoms with E-state index in [9.17, 15) is 18.0 Å². The minimum atomic E-state index is -4.28. The van der Waals surface area contributed by atoms with Crippen LogP contribution >= 0.6 is 11.8 Å². The molecule has 0 bridgehead atoms. The zero-order chi connectivity index (χ0) is 26.4. The van der Waals surface area contributed by atoms with Gasteiger partial charge in [-0.25, -0.2) is 4.79 Å². The molecule has 2 aromatic rings. The summed E-state index contributed by atoms with van der Waals surface area (Å²) in [6.45, 7) is 12.6. The maximum atomic E-state index is 12.8. The normalized spacial score (nSPS) is 17.7. The summed E-state index contributed by atoms with van der Waals surface area (Å²) in [5, 5.41) is 0. The van der Waals surface area contributed by atoms with Crippen molar-refractivity contribution in [2.24, 2.45) is 0 Å². The highest BCUT2D eigenvalue weighted by Gasteiger charge is 2.31. The Kier molecular flexibility index (Phi) is 9.18. The van der Waals surface area contributed by atoms with E-state index in [1.165, 1.54) is 23.4 Å². The molecule has 0 unspecified atom stereocenters. The van der Waals surface area contributed by atoms with Crippen LogP contribution in [0.15, 0.2) is 53.4 Å². The second-order valence-corrected chi connectivity index (χ2v) is 11.0. The zero-order valence-corrected chi connectivity index (χ0v) is 22.2. The van der Waals surface area contributed by atoms with Gasteiger partial charge in [-0.1, -0.05) is 17.7 Å². The van der Waals surface area contributed by atoms with Gasteiger partial charge in [-0.2, -0.15) is 17.7 Å². The number of carbonyl (C=O) groups excluding carboxylic acids is 1. The summed E-state index contributed by atoms with van der Waals surface area (Å²) in [6, 6.07) is 15.3. The maximum absolute atomic E-state index is 12.8. The number of carbonyl (C=O) groups is 1. The Balaban J connectivity index is 1.14. The molecule has 200 valence electrons. The fourth-order valence-electron chi connectivity index (χ4n) is 5.08. The average molecular weight is 534 g/mol. The van der Waals surface area contributed by atoms with Gasteiger partial charge in [-0.3, -0.25) is 4.90 Å². The number of piperazine rings is 1. The van der Waals surface area contributed by atoms with Crippen LogP contribution in [0.4, 0.5) is 24.5 Å². The Morgan fingerprint density at radius 3 is 2.03 bits per heavy atom. The summed E-state index contributed by atoms with van der Waals surface area (Å²) in [7, 11) is 0. The van der Waals surface area contributed by atoms with Gasteiger partial charge in [-0.15, -0.1) is 0 Å². The Hall–Kier alpha value is -2.52. The van der Waals surface area contributed by atoms with E-state index in [2.05, 4.69) is 52.6 Å². The first-order valence-corrected chi connectivity index (χ1v) is 13.8. The Morgan fingerprint density at radius 1 is 0.919 bits per heavy atom. The molecule has 2 saturated heterocycles. The summed E-state index contributed by atoms with van der Waals surface area (Å²) in [4.78, 5) is 20.0. The van der Waals surface area contributed by atoms with Crippen molar-refractivity contribution in [2.45, 2.75) is 49.1 Å². The molecule has 0 spiro atoms. The number of hydrogen-bond donors (Lipinski definition) is 0. The number of rotatable bonds is 8. The molecular weight excluding hydrogens is 497 g/mol. The maximum Gasteiger partial charge on any atom is 0.446 e. The van der Waals surface area contributed by atoms with Gasteiger partial charge < -0.3 is 9.80 Å². The lowest BCUT2D eigenvalue weighted by atomic mass is 10.0. The van der Waals surface area contributed by atoms with E-state index in [4.69, 9.17) is 0 Å². The lowest BCUT2D eigenvalue weighted by molar-refractivity contribution is -0.484. The Morgan fingerprint density at radius 2 is 1.46 bits per heavy atom. The van der Waals surface area contributed by atoms with Crippen molar-refractivity contribution in [1.82, 2.24) is 4.90 Å². The minimum absolute atomic E-state index is 0.0882. The molecule has 2 heterocycles. The summed E-state index contributed by atoms with van der Waals surface area (Å²) < 4.78 is 39.3. The number of thioether (sulfide) groups is 1. The second-order valence-electron chi connectivity index (χ2n) is 9.89. The van der Waals surface area contributed by atoms with E-state index in [0.717, 1.165) is 70.8 Å². The number of piperidine rings is 1. The smallest absolute Gasteiger partial charge is 0.371 e. The lowest BCUT2D eigenvalue weighted by Crippen LogP contribution is -2.46. The van der Waals surface area contributed by atoms with Crippen LogP contribution in [0.1, 0.15) is 31.2 Å². The van der Waals surface area contributed by atoms with Crippen LogP contribution in [0.5, 0.6) is 0 Å². The molecule has 0 aromatic heterocycles. The first-order valence-electron chi connectivity index (χ1n) is 13.0. The molecule has 2 fully saturated rings. The fourth-order valence-corrected chi connectivity index (χ4v) is 5.62. The monoisotopic (exact) mass is 533 g/mol. The van der Waals surface area contributed by atoms with Crippen LogP contribution in [0, 0.1) is 6.92 Å². The van der Waals surface area contributed by atoms with Crippen LogP contribution < -0.4 is 9.80 Å². The Labute approximate surface area is 221 Å². The van der Waals surface area contributed by atoms with Gasteiger partial charge in [0.1, 0.15) is 6.72 Å². The van der Waals surface area contributed by atoms with Crippen molar-refractivity contribution in [1.29, 1.82) is 0 Å². The minimum Gasteiger partial charge on any atom is -0.371 e. The van der Waals surface area contributed by atoms with Crippen LogP contribution in [-0.4, -0.2) is 79.5 Å². The van der Waals surface area contributed by atoms with Gasteiger partial charge >= 0.3 is 11.4 Å². The van der Waals surface area contributed by atoms with E-state index in [0.29, 0.717) is 6.42 Å². The summed E-state index contributed by atoms with van der Waals surface area (Å²) in [6.07, 6.45) is 2.93. The number of amides is 1. The van der Waals surface area contributed by atoms with Crippen LogP contribution in [0.25, 0.3) is 0 Å². The van der Waals surface area contributed by atoms with Crippen molar-refractivity contribution in [3.63, 3.8) is 0 Å². The number of aryl methyl sites for hydroxylation is 1. The van der Waals surface area contributed by atoms with Gasteiger partial charge in [0.25, 0.3) is 0 Å². The summed E-state index contributed by atoms with van der Waals surface area (Å²) in [5.41, 5.74) is -0.819. The largest absolute Gasteiger partial charge is 0.446 e. The van der Waals surface area contributed by atoms with E-state index in [-0.39, 0.29) is 28.6 Å². The van der Waals surface area contributed by atoms with Crippen molar-refractivity contribution < 1.29 is 22.5 Å². The van der Waals surface area contributed by atoms with Crippen LogP contribution in [0.2, 0.25) is 0 Å². The predicted octanol–water partition coefficient (Wildman–Crippen LogP) is 5.42. The topological polar surface area (TPSA) is 29.8 Å². The third-order valence-electron chi connectivity index (χ3n) is 7.30. The van der Waals surface area contributed by atoms with Gasteiger partial charge in [0, 0.05) is 68.4 Å². The highest BCUT2D eigenvalue weighted by atomic mass is 32.2. The van der Waals surface area contributed by atoms with E-state index in [1.54, 1.807) is 16.7 Å². The molecular formula is C28H36F3N4OS+. The molecule has 0 aliphatic carbocycles. The molecule has 2 aliphatic heterocycles. The first-order chi connectivity index (χ1) is 17.7. The molecule has 37 heavy (non-hydrogen) atoms. The van der Waals surface area contributed by atoms with Crippen molar-refractivity contribution in [2.75, 3.05) is 55.6 Å². The van der Waals surface area contributed by atoms with Gasteiger partial charge in [0.05, 0.1) is 6.42 Å². The van der Waals surface area contributed by atoms with Gasteiger partial charge in [-0.05, 0) is 68.0 Å². The van der Waals surface area contributed by atoms with E-state index in [1.807, 2.05) is 0 Å². The van der Waals surface area contributed by atoms with E-state index < -0.39 is 5.51 Å². The highest BCUT2D eigenvalue weighted by molar-refractivity contribution is 8.00. The quantitative estimate of drug-likeness (QED) is 0.257. The first kappa shape index (κ1) is 27.5. The molecule has 4 rings (SSSR count). The molecule has 0 atom stereocenters. The predicted molar refractivity (Wildman–Crippen MR) is 145 cm³/mol. The Bertz CT molecular complexity index is 1040. The number of halogens is 3. The average Bonchev–Trinajstić information content (AvgIpc) is 2.89. The fraction of sp³-hybridized carbons (Fsp3) is 0.500. The van der Waals surface area contributed by atoms with Gasteiger partial charge in [0.15, 0.2) is 6.04 Å². The standard InChI is InChI=1S/C28H36F3N4OS/c1-22-5-7-24(8-6-22)35-20-18-33(19-21-35)15-3-4-27(36)32(2)23-13-16-34(17-14-23)25-9-11-26(12-10-25)37-28(29,30)31/h5-12,23H,2-4,13-21H2,1H3/q+1. The number of anilines is 2. The highest BCUT2D eigenvalue weighted by Crippen LogP contribution is 2.37. The second kappa shape index (κ2) is 12.3. The molecule has 5 nitrogen and oxygen atoms in total. The third kappa shape index (κ3) is 7.98. The van der Waals surface area contributed by atoms with E-state index >= 15 is 0 Å². The van der Waals surface area contributed by atoms with Crippen LogP contribution in [0.3, 0.4) is 0 Å². The molecule has 9 heteroatoms. The van der Waals surface area contributed by atoms with Crippen molar-refractivity contribution in [3.8, 4) is 0 Å². The molecule has 0 saturated carbocycles. The number of hydrogen-bond acceptors (Lipinski definition) is 5. The SMILES string of the molecule is C=[N+](C(=O)CCCN1CCN(c2ccc(C)cc2)CC1)C1CCN(c2ccc(SC(F)(F)F)cc2)CC1. The number of alkyl halides is 3. The number of nitrogens with zero attached hydrogens (tertiary/aromatic N) is 4. The molecule has 2 aromatic carbocycles. The molecule has 0 N–H and O–H groups in total. The number of benzene rings is 2. The zero-order valence-electron chi connectivity index (χ0n) is 21.4. The van der Waals surface area contributed by atoms with Gasteiger partial charge in [0.2, 0.25) is 0 Å². The summed E-state index contributed by atoms with van der Waals surface area (Å²) in [5.74, 6) is 0.0882. The lowest BCUT2D eigenvalue weighted by Gasteiger charge is -2.36.